The van der Waals surface area contributed by atoms with Crippen molar-refractivity contribution in [1.82, 2.24) is 4.90 Å². The number of likely N-dealkylation sites (tertiary alicyclic amines) is 1. The summed E-state index contributed by atoms with van der Waals surface area (Å²) in [4.78, 5) is 2.83. The Morgan fingerprint density at radius 2 is 1.57 bits per heavy atom. The number of fused-ring (bicyclic) bond motifs is 1. The predicted octanol–water partition coefficient (Wildman–Crippen LogP) is 4.57. The lowest BCUT2D eigenvalue weighted by Gasteiger charge is -2.40. The topological polar surface area (TPSA) is 29.3 Å². The van der Waals surface area contributed by atoms with Crippen molar-refractivity contribution in [3.8, 4) is 0 Å². The van der Waals surface area contributed by atoms with Crippen LogP contribution in [0.25, 0.3) is 0 Å². The molecule has 4 atom stereocenters. The van der Waals surface area contributed by atoms with Crippen molar-refractivity contribution < 1.29 is 0 Å². The predicted molar refractivity (Wildman–Crippen MR) is 92.5 cm³/mol. The Hall–Kier alpha value is -0.0800. The standard InChI is InChI=1S/C19H38N2/c1-4-6-8-10-12-19(3,11-9-7-5-2)21-14-16-13-18(20)17(16)15-21/h16-18H,4-15,20H2,1-3H3. The van der Waals surface area contributed by atoms with E-state index in [0.717, 1.165) is 11.8 Å². The molecular weight excluding hydrogens is 256 g/mol. The molecule has 4 unspecified atom stereocenters. The fraction of sp³-hybridized carbons (Fsp3) is 1.00. The normalized spacial score (nSPS) is 31.7. The van der Waals surface area contributed by atoms with Crippen LogP contribution in [0, 0.1) is 11.8 Å². The fourth-order valence-corrected chi connectivity index (χ4v) is 4.53. The van der Waals surface area contributed by atoms with Crippen molar-refractivity contribution in [1.29, 1.82) is 0 Å². The summed E-state index contributed by atoms with van der Waals surface area (Å²) >= 11 is 0. The molecule has 1 aliphatic carbocycles. The maximum Gasteiger partial charge on any atom is 0.0181 e. The molecule has 0 radical (unpaired) electrons. The zero-order valence-electron chi connectivity index (χ0n) is 14.7. The molecule has 0 amide bonds. The quantitative estimate of drug-likeness (QED) is 0.598. The van der Waals surface area contributed by atoms with Crippen LogP contribution >= 0.6 is 0 Å². The molecule has 0 spiro atoms. The molecule has 2 nitrogen and oxygen atoms in total. The average Bonchev–Trinajstić information content (AvgIpc) is 2.82. The highest BCUT2D eigenvalue weighted by atomic mass is 15.2. The number of hydrogen-bond acceptors (Lipinski definition) is 2. The molecule has 0 aromatic rings. The van der Waals surface area contributed by atoms with Crippen molar-refractivity contribution in [2.24, 2.45) is 17.6 Å². The van der Waals surface area contributed by atoms with Crippen LogP contribution in [0.2, 0.25) is 0 Å². The summed E-state index contributed by atoms with van der Waals surface area (Å²) in [5, 5.41) is 0. The van der Waals surface area contributed by atoms with Gasteiger partial charge >= 0.3 is 0 Å². The van der Waals surface area contributed by atoms with Crippen molar-refractivity contribution >= 4 is 0 Å². The van der Waals surface area contributed by atoms with E-state index in [0.29, 0.717) is 11.6 Å². The van der Waals surface area contributed by atoms with Gasteiger partial charge in [0.1, 0.15) is 0 Å². The smallest absolute Gasteiger partial charge is 0.0181 e. The first-order chi connectivity index (χ1) is 10.1. The van der Waals surface area contributed by atoms with Crippen LogP contribution in [0.15, 0.2) is 0 Å². The summed E-state index contributed by atoms with van der Waals surface area (Å²) in [5.41, 5.74) is 6.65. The third-order valence-corrected chi connectivity index (χ3v) is 6.27. The highest BCUT2D eigenvalue weighted by molar-refractivity contribution is 5.04. The van der Waals surface area contributed by atoms with Crippen LogP contribution in [-0.4, -0.2) is 29.6 Å². The molecule has 1 heterocycles. The minimum absolute atomic E-state index is 0.444. The summed E-state index contributed by atoms with van der Waals surface area (Å²) < 4.78 is 0. The third kappa shape index (κ3) is 4.22. The Kier molecular flexibility index (Phi) is 6.55. The summed E-state index contributed by atoms with van der Waals surface area (Å²) in [5.74, 6) is 1.73. The van der Waals surface area contributed by atoms with E-state index in [1.807, 2.05) is 0 Å². The Morgan fingerprint density at radius 1 is 0.952 bits per heavy atom. The van der Waals surface area contributed by atoms with Gasteiger partial charge in [-0.15, -0.1) is 0 Å². The Morgan fingerprint density at radius 3 is 2.14 bits per heavy atom. The second-order valence-electron chi connectivity index (χ2n) is 7.99. The van der Waals surface area contributed by atoms with Gasteiger partial charge in [-0.25, -0.2) is 0 Å². The summed E-state index contributed by atoms with van der Waals surface area (Å²) in [7, 11) is 0. The van der Waals surface area contributed by atoms with Gasteiger partial charge in [0.15, 0.2) is 0 Å². The van der Waals surface area contributed by atoms with Gasteiger partial charge < -0.3 is 5.73 Å². The van der Waals surface area contributed by atoms with Crippen molar-refractivity contribution in [2.75, 3.05) is 13.1 Å². The second-order valence-corrected chi connectivity index (χ2v) is 7.99. The van der Waals surface area contributed by atoms with E-state index < -0.39 is 0 Å². The molecule has 0 aromatic carbocycles. The maximum atomic E-state index is 6.20. The zero-order chi connectivity index (χ0) is 15.3. The number of unbranched alkanes of at least 4 members (excludes halogenated alkanes) is 5. The first kappa shape index (κ1) is 17.3. The molecule has 2 heteroatoms. The number of nitrogens with zero attached hydrogens (tertiary/aromatic N) is 1. The lowest BCUT2D eigenvalue weighted by atomic mass is 9.72. The number of rotatable bonds is 10. The third-order valence-electron chi connectivity index (χ3n) is 6.27. The number of hydrogen-bond donors (Lipinski definition) is 1. The van der Waals surface area contributed by atoms with Gasteiger partial charge in [0.2, 0.25) is 0 Å². The van der Waals surface area contributed by atoms with E-state index in [-0.39, 0.29) is 0 Å². The van der Waals surface area contributed by atoms with Crippen LogP contribution in [-0.2, 0) is 0 Å². The largest absolute Gasteiger partial charge is 0.327 e. The van der Waals surface area contributed by atoms with E-state index in [2.05, 4.69) is 25.7 Å². The molecule has 1 saturated heterocycles. The average molecular weight is 295 g/mol. The van der Waals surface area contributed by atoms with Crippen molar-refractivity contribution in [3.05, 3.63) is 0 Å². The van der Waals surface area contributed by atoms with Gasteiger partial charge in [0.05, 0.1) is 0 Å². The van der Waals surface area contributed by atoms with Crippen LogP contribution < -0.4 is 5.73 Å². The molecule has 1 aliphatic heterocycles. The van der Waals surface area contributed by atoms with Gasteiger partial charge in [-0.2, -0.15) is 0 Å². The second kappa shape index (κ2) is 7.97. The van der Waals surface area contributed by atoms with Crippen LogP contribution in [0.3, 0.4) is 0 Å². The molecule has 0 aromatic heterocycles. The van der Waals surface area contributed by atoms with Crippen LogP contribution in [0.5, 0.6) is 0 Å². The lowest BCUT2D eigenvalue weighted by Crippen LogP contribution is -2.47. The SMILES string of the molecule is CCCCCCC(C)(CCCCC)N1CC2CC(N)C2C1. The van der Waals surface area contributed by atoms with E-state index in [1.54, 1.807) is 0 Å². The van der Waals surface area contributed by atoms with Crippen molar-refractivity contribution in [2.45, 2.75) is 96.6 Å². The first-order valence-electron chi connectivity index (χ1n) is 9.61. The van der Waals surface area contributed by atoms with Crippen LogP contribution in [0.4, 0.5) is 0 Å². The molecular formula is C19H38N2. The molecule has 21 heavy (non-hydrogen) atoms. The summed E-state index contributed by atoms with van der Waals surface area (Å²) in [6.07, 6.45) is 13.8. The molecule has 2 rings (SSSR count). The molecule has 2 aliphatic rings. The molecule has 2 N–H and O–H groups in total. The van der Waals surface area contributed by atoms with Gasteiger partial charge in [0, 0.05) is 24.7 Å². The molecule has 2 fully saturated rings. The Balaban J connectivity index is 1.87. The van der Waals surface area contributed by atoms with Crippen LogP contribution in [0.1, 0.15) is 85.0 Å². The highest BCUT2D eigenvalue weighted by Gasteiger charge is 2.49. The van der Waals surface area contributed by atoms with Gasteiger partial charge in [0.25, 0.3) is 0 Å². The first-order valence-corrected chi connectivity index (χ1v) is 9.61. The number of nitrogens with two attached hydrogens (primary N) is 1. The molecule has 1 saturated carbocycles. The zero-order valence-corrected chi connectivity index (χ0v) is 14.7. The maximum absolute atomic E-state index is 6.20. The Bertz CT molecular complexity index is 304. The monoisotopic (exact) mass is 294 g/mol. The van der Waals surface area contributed by atoms with E-state index >= 15 is 0 Å². The van der Waals surface area contributed by atoms with Gasteiger partial charge in [-0.3, -0.25) is 4.90 Å². The lowest BCUT2D eigenvalue weighted by molar-refractivity contribution is 0.103. The minimum atomic E-state index is 0.444. The summed E-state index contributed by atoms with van der Waals surface area (Å²) in [6.45, 7) is 9.77. The summed E-state index contributed by atoms with van der Waals surface area (Å²) in [6, 6.07) is 0.500. The minimum Gasteiger partial charge on any atom is -0.327 e. The highest BCUT2D eigenvalue weighted by Crippen LogP contribution is 2.44. The molecule has 124 valence electrons. The Labute approximate surface area is 132 Å². The molecule has 0 bridgehead atoms. The van der Waals surface area contributed by atoms with E-state index in [4.69, 9.17) is 5.73 Å². The van der Waals surface area contributed by atoms with E-state index in [1.165, 1.54) is 77.3 Å². The fourth-order valence-electron chi connectivity index (χ4n) is 4.53. The van der Waals surface area contributed by atoms with E-state index in [9.17, 15) is 0 Å². The van der Waals surface area contributed by atoms with Crippen molar-refractivity contribution in [3.63, 3.8) is 0 Å². The van der Waals surface area contributed by atoms with Gasteiger partial charge in [-0.1, -0.05) is 58.8 Å². The van der Waals surface area contributed by atoms with Gasteiger partial charge in [-0.05, 0) is 38.0 Å².